The van der Waals surface area contributed by atoms with Crippen LogP contribution in [0, 0.1) is 0 Å². The molecule has 1 aliphatic rings. The Morgan fingerprint density at radius 3 is 1.42 bits per heavy atom. The van der Waals surface area contributed by atoms with Crippen molar-refractivity contribution < 1.29 is 42.4 Å². The molecular weight excluding hydrogens is 724 g/mol. The van der Waals surface area contributed by atoms with Gasteiger partial charge in [0.1, 0.15) is 31.0 Å². The van der Waals surface area contributed by atoms with Gasteiger partial charge in [-0.1, -0.05) is 188 Å². The molecule has 1 fully saturated rings. The second kappa shape index (κ2) is 27.9. The van der Waals surface area contributed by atoms with Crippen molar-refractivity contribution in [2.45, 2.75) is 173 Å². The van der Waals surface area contributed by atoms with Crippen LogP contribution < -0.4 is 0 Å². The third-order valence-corrected chi connectivity index (χ3v) is 10.4. The van der Waals surface area contributed by atoms with E-state index in [0.29, 0.717) is 6.42 Å². The average Bonchev–Trinajstić information content (AvgIpc) is 3.23. The Bertz CT molecular complexity index is 1480. The molecule has 1 saturated heterocycles. The summed E-state index contributed by atoms with van der Waals surface area (Å²) in [5.41, 5.74) is 2.64. The van der Waals surface area contributed by atoms with Gasteiger partial charge in [0.15, 0.2) is 6.17 Å². The summed E-state index contributed by atoms with van der Waals surface area (Å²) in [6, 6.07) is 28.7. The lowest BCUT2D eigenvalue weighted by Gasteiger charge is -2.46. The molecule has 0 radical (unpaired) electrons. The second-order valence-corrected chi connectivity index (χ2v) is 15.3. The van der Waals surface area contributed by atoms with Crippen LogP contribution in [0.3, 0.4) is 0 Å². The van der Waals surface area contributed by atoms with E-state index in [1.165, 1.54) is 77.6 Å². The van der Waals surface area contributed by atoms with E-state index in [9.17, 15) is 9.59 Å². The smallest absolute Gasteiger partial charge is 0.305 e. The van der Waals surface area contributed by atoms with E-state index in [1.807, 2.05) is 91.0 Å². The van der Waals surface area contributed by atoms with Gasteiger partial charge >= 0.3 is 11.9 Å². The molecule has 2 unspecified atom stereocenters. The first kappa shape index (κ1) is 46.1. The van der Waals surface area contributed by atoms with Crippen molar-refractivity contribution in [3.05, 3.63) is 108 Å². The zero-order valence-electron chi connectivity index (χ0n) is 34.4. The molecule has 0 saturated carbocycles. The van der Waals surface area contributed by atoms with Crippen LogP contribution in [0.4, 0.5) is 4.39 Å². The van der Waals surface area contributed by atoms with E-state index in [0.717, 1.165) is 36.0 Å². The lowest BCUT2D eigenvalue weighted by molar-refractivity contribution is -0.323. The SMILES string of the molecule is CCCCCCCCCCCCCCCCCC(=O)OCC(F)[C@H]1OC(OC(C)=O)[C@@H](OCc2ccccc2)[C@@H](OCc2ccccc2)[C@@H]1OCc1ccccc1. The van der Waals surface area contributed by atoms with Crippen molar-refractivity contribution in [3.63, 3.8) is 0 Å². The van der Waals surface area contributed by atoms with Crippen LogP contribution in [0.2, 0.25) is 0 Å². The lowest BCUT2D eigenvalue weighted by atomic mass is 9.94. The van der Waals surface area contributed by atoms with Crippen molar-refractivity contribution in [3.8, 4) is 0 Å². The maximum atomic E-state index is 16.5. The van der Waals surface area contributed by atoms with Crippen LogP contribution in [0.15, 0.2) is 91.0 Å². The number of hydrogen-bond acceptors (Lipinski definition) is 8. The molecule has 3 aromatic rings. The number of hydrogen-bond donors (Lipinski definition) is 0. The third-order valence-electron chi connectivity index (χ3n) is 10.4. The van der Waals surface area contributed by atoms with Crippen molar-refractivity contribution >= 4 is 11.9 Å². The van der Waals surface area contributed by atoms with Gasteiger partial charge in [0.2, 0.25) is 6.29 Å². The maximum Gasteiger partial charge on any atom is 0.305 e. The number of benzene rings is 3. The fourth-order valence-electron chi connectivity index (χ4n) is 7.22. The minimum absolute atomic E-state index is 0.131. The number of alkyl halides is 1. The summed E-state index contributed by atoms with van der Waals surface area (Å²) in [5, 5.41) is 0. The fraction of sp³-hybridized carbons (Fsp3) is 0.583. The minimum atomic E-state index is -1.81. The zero-order valence-corrected chi connectivity index (χ0v) is 34.4. The Hall–Kier alpha value is -3.63. The van der Waals surface area contributed by atoms with Gasteiger partial charge in [0.05, 0.1) is 19.8 Å². The van der Waals surface area contributed by atoms with Crippen LogP contribution >= 0.6 is 0 Å². The number of unbranched alkanes of at least 4 members (excludes halogenated alkanes) is 14. The quantitative estimate of drug-likeness (QED) is 0.0507. The maximum absolute atomic E-state index is 16.5. The fourth-order valence-corrected chi connectivity index (χ4v) is 7.22. The normalized spacial score (nSPS) is 19.9. The van der Waals surface area contributed by atoms with E-state index < -0.39 is 55.4 Å². The summed E-state index contributed by atoms with van der Waals surface area (Å²) in [6.07, 6.45) is 11.3. The summed E-state index contributed by atoms with van der Waals surface area (Å²) in [6.45, 7) is 3.43. The van der Waals surface area contributed by atoms with Gasteiger partial charge in [-0.3, -0.25) is 9.59 Å². The lowest BCUT2D eigenvalue weighted by Crippen LogP contribution is -2.63. The zero-order chi connectivity index (χ0) is 40.3. The molecule has 6 atom stereocenters. The highest BCUT2D eigenvalue weighted by atomic mass is 19.1. The molecule has 8 nitrogen and oxygen atoms in total. The molecule has 0 bridgehead atoms. The van der Waals surface area contributed by atoms with Crippen molar-refractivity contribution in [2.75, 3.05) is 6.61 Å². The summed E-state index contributed by atoms with van der Waals surface area (Å²) < 4.78 is 53.2. The Morgan fingerprint density at radius 1 is 0.579 bits per heavy atom. The molecular formula is C48H67FO8. The van der Waals surface area contributed by atoms with Gasteiger partial charge in [0.25, 0.3) is 0 Å². The number of carbonyl (C=O) groups is 2. The second-order valence-electron chi connectivity index (χ2n) is 15.3. The first-order chi connectivity index (χ1) is 27.9. The Kier molecular flexibility index (Phi) is 22.6. The summed E-state index contributed by atoms with van der Waals surface area (Å²) in [4.78, 5) is 25.2. The molecule has 0 spiro atoms. The topological polar surface area (TPSA) is 89.5 Å². The highest BCUT2D eigenvalue weighted by molar-refractivity contribution is 5.69. The highest BCUT2D eigenvalue weighted by Crippen LogP contribution is 2.33. The van der Waals surface area contributed by atoms with Crippen LogP contribution in [0.1, 0.15) is 133 Å². The van der Waals surface area contributed by atoms with Gasteiger partial charge in [0, 0.05) is 13.3 Å². The monoisotopic (exact) mass is 790 g/mol. The van der Waals surface area contributed by atoms with Gasteiger partial charge in [-0.2, -0.15) is 0 Å². The van der Waals surface area contributed by atoms with Crippen LogP contribution in [-0.4, -0.2) is 55.4 Å². The Balaban J connectivity index is 1.33. The van der Waals surface area contributed by atoms with Gasteiger partial charge in [-0.05, 0) is 23.1 Å². The third kappa shape index (κ3) is 18.2. The molecule has 9 heteroatoms. The molecule has 1 aliphatic heterocycles. The summed E-state index contributed by atoms with van der Waals surface area (Å²) in [7, 11) is 0. The summed E-state index contributed by atoms with van der Waals surface area (Å²) >= 11 is 0. The predicted molar refractivity (Wildman–Crippen MR) is 221 cm³/mol. The number of rotatable bonds is 29. The number of esters is 2. The van der Waals surface area contributed by atoms with E-state index in [1.54, 1.807) is 0 Å². The van der Waals surface area contributed by atoms with E-state index in [4.69, 9.17) is 28.4 Å². The van der Waals surface area contributed by atoms with Crippen molar-refractivity contribution in [1.29, 1.82) is 0 Å². The van der Waals surface area contributed by atoms with E-state index in [-0.39, 0.29) is 26.2 Å². The average molecular weight is 791 g/mol. The van der Waals surface area contributed by atoms with E-state index >= 15 is 4.39 Å². The minimum Gasteiger partial charge on any atom is -0.462 e. The molecule has 0 aliphatic carbocycles. The molecule has 3 aromatic carbocycles. The Morgan fingerprint density at radius 2 is 0.982 bits per heavy atom. The van der Waals surface area contributed by atoms with Crippen LogP contribution in [0.25, 0.3) is 0 Å². The number of halogens is 1. The van der Waals surface area contributed by atoms with Crippen LogP contribution in [0.5, 0.6) is 0 Å². The largest absolute Gasteiger partial charge is 0.462 e. The molecule has 0 aromatic heterocycles. The molecule has 57 heavy (non-hydrogen) atoms. The van der Waals surface area contributed by atoms with Gasteiger partial charge in [-0.15, -0.1) is 0 Å². The highest BCUT2D eigenvalue weighted by Gasteiger charge is 2.52. The number of carbonyl (C=O) groups excluding carboxylic acids is 2. The standard InChI is InChI=1S/C48H67FO8/c1-3-4-5-6-7-8-9-10-11-12-13-14-15-16-26-33-43(51)52-37-42(49)44-45(53-34-39-27-20-17-21-28-39)46(54-35-40-29-22-18-23-30-40)47(48(57-44)56-38(2)50)55-36-41-31-24-19-25-32-41/h17-25,27-32,42,44-48H,3-16,26,33-37H2,1-2H3/t42?,44-,45-,46+,47+,48?/m1/s1. The van der Waals surface area contributed by atoms with Crippen molar-refractivity contribution in [1.82, 2.24) is 0 Å². The first-order valence-corrected chi connectivity index (χ1v) is 21.5. The predicted octanol–water partition coefficient (Wildman–Crippen LogP) is 11.2. The van der Waals surface area contributed by atoms with Gasteiger partial charge in [-0.25, -0.2) is 4.39 Å². The first-order valence-electron chi connectivity index (χ1n) is 21.5. The van der Waals surface area contributed by atoms with E-state index in [2.05, 4.69) is 6.92 Å². The van der Waals surface area contributed by atoms with Gasteiger partial charge < -0.3 is 28.4 Å². The summed E-state index contributed by atoms with van der Waals surface area (Å²) in [5.74, 6) is -1.08. The van der Waals surface area contributed by atoms with Crippen molar-refractivity contribution in [2.24, 2.45) is 0 Å². The molecule has 1 heterocycles. The molecule has 4 rings (SSSR count). The van der Waals surface area contributed by atoms with Crippen LogP contribution in [-0.2, 0) is 57.8 Å². The molecule has 314 valence electrons. The Labute approximate surface area is 341 Å². The number of ether oxygens (including phenoxy) is 6. The molecule has 0 N–H and O–H groups in total. The molecule has 0 amide bonds.